The molecule has 1 aliphatic rings. The Labute approximate surface area is 184 Å². The summed E-state index contributed by atoms with van der Waals surface area (Å²) in [4.78, 5) is 13.4. The quantitative estimate of drug-likeness (QED) is 0.607. The minimum atomic E-state index is -3.67. The second-order valence-electron chi connectivity index (χ2n) is 8.35. The highest BCUT2D eigenvalue weighted by atomic mass is 32.2. The molecule has 6 heteroatoms. The van der Waals surface area contributed by atoms with E-state index in [1.165, 1.54) is 20.8 Å². The van der Waals surface area contributed by atoms with Gasteiger partial charge in [-0.15, -0.1) is 0 Å². The first-order valence-corrected chi connectivity index (χ1v) is 12.5. The van der Waals surface area contributed by atoms with Crippen LogP contribution in [0.1, 0.15) is 35.6 Å². The second-order valence-corrected chi connectivity index (χ2v) is 10.2. The summed E-state index contributed by atoms with van der Waals surface area (Å²) in [7, 11) is -3.67. The van der Waals surface area contributed by atoms with Crippen molar-refractivity contribution in [2.24, 2.45) is 0 Å². The van der Waals surface area contributed by atoms with Crippen molar-refractivity contribution in [3.8, 4) is 0 Å². The molecule has 0 radical (unpaired) electrons. The third-order valence-corrected chi connectivity index (χ3v) is 7.39. The third-order valence-electron chi connectivity index (χ3n) is 6.21. The van der Waals surface area contributed by atoms with Crippen molar-refractivity contribution in [1.29, 1.82) is 0 Å². The molecular formula is C25H28N2O3S. The van der Waals surface area contributed by atoms with E-state index in [0.29, 0.717) is 12.1 Å². The third kappa shape index (κ3) is 3.92. The second kappa shape index (κ2) is 8.00. The lowest BCUT2D eigenvalue weighted by Gasteiger charge is -2.30. The van der Waals surface area contributed by atoms with Crippen molar-refractivity contribution < 1.29 is 13.2 Å². The van der Waals surface area contributed by atoms with Crippen LogP contribution in [0.5, 0.6) is 0 Å². The van der Waals surface area contributed by atoms with Gasteiger partial charge in [0, 0.05) is 11.1 Å². The average molecular weight is 437 g/mol. The van der Waals surface area contributed by atoms with Gasteiger partial charge in [0.15, 0.2) is 0 Å². The zero-order valence-corrected chi connectivity index (χ0v) is 19.2. The van der Waals surface area contributed by atoms with Gasteiger partial charge >= 0.3 is 0 Å². The van der Waals surface area contributed by atoms with Gasteiger partial charge in [-0.05, 0) is 78.9 Å². The molecule has 162 valence electrons. The van der Waals surface area contributed by atoms with E-state index in [1.807, 2.05) is 51.1 Å². The molecular weight excluding hydrogens is 408 g/mol. The fraction of sp³-hybridized carbons (Fsp3) is 0.320. The highest BCUT2D eigenvalue weighted by molar-refractivity contribution is 7.92. The standard InChI is InChI=1S/C25H28N2O3S/c1-5-23(27(31(4,29)30)20-13-9-16(2)17(3)15-20)25(28)26-22-14-12-19-11-10-18-7-6-8-21(22)24(18)19/h6-9,12-15,23H,5,10-11H2,1-4H3,(H,26,28). The predicted octanol–water partition coefficient (Wildman–Crippen LogP) is 4.74. The van der Waals surface area contributed by atoms with Crippen molar-refractivity contribution in [1.82, 2.24) is 0 Å². The van der Waals surface area contributed by atoms with Crippen LogP contribution in [0.3, 0.4) is 0 Å². The maximum atomic E-state index is 13.4. The van der Waals surface area contributed by atoms with Crippen LogP contribution >= 0.6 is 0 Å². The number of aryl methyl sites for hydroxylation is 4. The van der Waals surface area contributed by atoms with Gasteiger partial charge in [0.05, 0.1) is 11.9 Å². The van der Waals surface area contributed by atoms with E-state index >= 15 is 0 Å². The van der Waals surface area contributed by atoms with Crippen LogP contribution in [0.4, 0.5) is 11.4 Å². The number of sulfonamides is 1. The number of nitrogens with one attached hydrogen (secondary N) is 1. The minimum absolute atomic E-state index is 0.329. The Balaban J connectivity index is 1.72. The molecule has 3 aromatic rings. The zero-order chi connectivity index (χ0) is 22.3. The van der Waals surface area contributed by atoms with E-state index in [1.54, 1.807) is 6.07 Å². The average Bonchev–Trinajstić information content (AvgIpc) is 3.14. The zero-order valence-electron chi connectivity index (χ0n) is 18.4. The molecule has 5 nitrogen and oxygen atoms in total. The molecule has 1 N–H and O–H groups in total. The number of carbonyl (C=O) groups excluding carboxylic acids is 1. The van der Waals surface area contributed by atoms with Gasteiger partial charge < -0.3 is 5.32 Å². The predicted molar refractivity (Wildman–Crippen MR) is 127 cm³/mol. The molecule has 3 aromatic carbocycles. The van der Waals surface area contributed by atoms with E-state index in [2.05, 4.69) is 17.4 Å². The van der Waals surface area contributed by atoms with Crippen molar-refractivity contribution in [2.75, 3.05) is 15.9 Å². The summed E-state index contributed by atoms with van der Waals surface area (Å²) in [5.74, 6) is -0.329. The first kappa shape index (κ1) is 21.4. The Kier molecular flexibility index (Phi) is 5.52. The Morgan fingerprint density at radius 2 is 1.74 bits per heavy atom. The molecule has 0 saturated heterocycles. The molecule has 1 unspecified atom stereocenters. The van der Waals surface area contributed by atoms with E-state index in [9.17, 15) is 13.2 Å². The Morgan fingerprint density at radius 3 is 2.39 bits per heavy atom. The van der Waals surface area contributed by atoms with E-state index in [-0.39, 0.29) is 5.91 Å². The summed E-state index contributed by atoms with van der Waals surface area (Å²) < 4.78 is 26.7. The molecule has 1 amide bonds. The van der Waals surface area contributed by atoms with Crippen molar-refractivity contribution in [3.05, 3.63) is 70.8 Å². The molecule has 0 heterocycles. The van der Waals surface area contributed by atoms with Gasteiger partial charge in [-0.25, -0.2) is 8.42 Å². The van der Waals surface area contributed by atoms with Crippen LogP contribution in [0.15, 0.2) is 48.5 Å². The van der Waals surface area contributed by atoms with Crippen LogP contribution in [0.25, 0.3) is 10.8 Å². The maximum Gasteiger partial charge on any atom is 0.248 e. The number of nitrogens with zero attached hydrogens (tertiary/aromatic N) is 1. The SMILES string of the molecule is CCC(C(=O)Nc1ccc2c3c(cccc13)CC2)N(c1ccc(C)c(C)c1)S(C)(=O)=O. The Hall–Kier alpha value is -2.86. The largest absolute Gasteiger partial charge is 0.324 e. The van der Waals surface area contributed by atoms with Gasteiger partial charge in [0.25, 0.3) is 0 Å². The fourth-order valence-electron chi connectivity index (χ4n) is 4.49. The van der Waals surface area contributed by atoms with Gasteiger partial charge in [0.1, 0.15) is 6.04 Å². The molecule has 1 aliphatic carbocycles. The van der Waals surface area contributed by atoms with E-state index < -0.39 is 16.1 Å². The molecule has 0 aliphatic heterocycles. The topological polar surface area (TPSA) is 66.5 Å². The smallest absolute Gasteiger partial charge is 0.248 e. The molecule has 0 fully saturated rings. The number of rotatable bonds is 6. The number of anilines is 2. The summed E-state index contributed by atoms with van der Waals surface area (Å²) in [5, 5.41) is 5.24. The number of benzene rings is 3. The molecule has 4 rings (SSSR count). The Bertz CT molecular complexity index is 1270. The Morgan fingerprint density at radius 1 is 1.03 bits per heavy atom. The molecule has 1 atom stereocenters. The minimum Gasteiger partial charge on any atom is -0.324 e. The summed E-state index contributed by atoms with van der Waals surface area (Å²) >= 11 is 0. The van der Waals surface area contributed by atoms with Crippen LogP contribution in [0.2, 0.25) is 0 Å². The number of hydrogen-bond acceptors (Lipinski definition) is 3. The van der Waals surface area contributed by atoms with Crippen LogP contribution in [-0.4, -0.2) is 26.6 Å². The summed E-state index contributed by atoms with van der Waals surface area (Å²) in [6.45, 7) is 5.74. The van der Waals surface area contributed by atoms with Gasteiger partial charge in [-0.2, -0.15) is 0 Å². The molecule has 0 bridgehead atoms. The van der Waals surface area contributed by atoms with Crippen molar-refractivity contribution in [3.63, 3.8) is 0 Å². The lowest BCUT2D eigenvalue weighted by molar-refractivity contribution is -0.117. The van der Waals surface area contributed by atoms with Gasteiger partial charge in [-0.3, -0.25) is 9.10 Å². The molecule has 0 spiro atoms. The van der Waals surface area contributed by atoms with E-state index in [0.717, 1.165) is 41.3 Å². The summed E-state index contributed by atoms with van der Waals surface area (Å²) in [6.07, 6.45) is 3.52. The normalized spacial score (nSPS) is 13.9. The first-order valence-electron chi connectivity index (χ1n) is 10.6. The fourth-order valence-corrected chi connectivity index (χ4v) is 5.70. The number of carbonyl (C=O) groups is 1. The highest BCUT2D eigenvalue weighted by Crippen LogP contribution is 2.35. The van der Waals surface area contributed by atoms with Crippen molar-refractivity contribution in [2.45, 2.75) is 46.1 Å². The van der Waals surface area contributed by atoms with Crippen LogP contribution in [0, 0.1) is 13.8 Å². The van der Waals surface area contributed by atoms with Gasteiger partial charge in [-0.1, -0.05) is 37.3 Å². The highest BCUT2D eigenvalue weighted by Gasteiger charge is 2.32. The lowest BCUT2D eigenvalue weighted by atomic mass is 10.0. The first-order chi connectivity index (χ1) is 14.7. The maximum absolute atomic E-state index is 13.4. The summed E-state index contributed by atoms with van der Waals surface area (Å²) in [5.41, 5.74) is 5.87. The summed E-state index contributed by atoms with van der Waals surface area (Å²) in [6, 6.07) is 14.8. The number of amides is 1. The van der Waals surface area contributed by atoms with Crippen LogP contribution < -0.4 is 9.62 Å². The molecule has 0 saturated carbocycles. The lowest BCUT2D eigenvalue weighted by Crippen LogP contribution is -2.47. The monoisotopic (exact) mass is 436 g/mol. The number of hydrogen-bond donors (Lipinski definition) is 1. The van der Waals surface area contributed by atoms with E-state index in [4.69, 9.17) is 0 Å². The van der Waals surface area contributed by atoms with Crippen molar-refractivity contribution >= 4 is 38.1 Å². The molecule has 0 aromatic heterocycles. The van der Waals surface area contributed by atoms with Gasteiger partial charge in [0.2, 0.25) is 15.9 Å². The van der Waals surface area contributed by atoms with Crippen LogP contribution in [-0.2, 0) is 27.7 Å². The molecule has 31 heavy (non-hydrogen) atoms.